The first-order chi connectivity index (χ1) is 5.04. The van der Waals surface area contributed by atoms with Gasteiger partial charge in [0.25, 0.3) is 0 Å². The number of ketones is 1. The van der Waals surface area contributed by atoms with Crippen molar-refractivity contribution in [2.45, 2.75) is 33.6 Å². The second kappa shape index (κ2) is 4.50. The molecule has 0 fully saturated rings. The molecule has 0 saturated carbocycles. The molecule has 0 N–H and O–H groups in total. The minimum Gasteiger partial charge on any atom is -0.385 e. The van der Waals surface area contributed by atoms with Gasteiger partial charge in [0.1, 0.15) is 5.78 Å². The van der Waals surface area contributed by atoms with Crippen LogP contribution in [0.15, 0.2) is 0 Å². The van der Waals surface area contributed by atoms with E-state index in [-0.39, 0.29) is 5.41 Å². The van der Waals surface area contributed by atoms with Crippen LogP contribution in [0.2, 0.25) is 0 Å². The Kier molecular flexibility index (Phi) is 4.34. The van der Waals surface area contributed by atoms with Gasteiger partial charge in [-0.05, 0) is 6.42 Å². The summed E-state index contributed by atoms with van der Waals surface area (Å²) in [7, 11) is 1.66. The molecule has 0 atom stereocenters. The van der Waals surface area contributed by atoms with Crippen LogP contribution in [0, 0.1) is 5.41 Å². The quantitative estimate of drug-likeness (QED) is 0.612. The van der Waals surface area contributed by atoms with Crippen molar-refractivity contribution in [2.24, 2.45) is 5.41 Å². The van der Waals surface area contributed by atoms with Crippen LogP contribution in [0.25, 0.3) is 0 Å². The Morgan fingerprint density at radius 1 is 1.45 bits per heavy atom. The maximum Gasteiger partial charge on any atom is 0.138 e. The Morgan fingerprint density at radius 2 is 2.00 bits per heavy atom. The third kappa shape index (κ3) is 3.51. The molecule has 0 unspecified atom stereocenters. The lowest BCUT2D eigenvalue weighted by Crippen LogP contribution is -2.24. The van der Waals surface area contributed by atoms with E-state index in [9.17, 15) is 4.79 Å². The highest BCUT2D eigenvalue weighted by Crippen LogP contribution is 2.22. The van der Waals surface area contributed by atoms with Gasteiger partial charge in [-0.25, -0.2) is 0 Å². The Balaban J connectivity index is 3.88. The molecule has 0 aromatic heterocycles. The first-order valence-corrected chi connectivity index (χ1v) is 4.07. The van der Waals surface area contributed by atoms with E-state index < -0.39 is 0 Å². The summed E-state index contributed by atoms with van der Waals surface area (Å²) < 4.78 is 4.92. The molecule has 0 spiro atoms. The van der Waals surface area contributed by atoms with Crippen molar-refractivity contribution >= 4 is 5.78 Å². The maximum absolute atomic E-state index is 11.3. The molecular formula is C9H18O2. The van der Waals surface area contributed by atoms with Crippen molar-refractivity contribution in [1.29, 1.82) is 0 Å². The summed E-state index contributed by atoms with van der Waals surface area (Å²) in [6.07, 6.45) is 1.44. The summed E-state index contributed by atoms with van der Waals surface area (Å²) in [5.74, 6) is 0.314. The van der Waals surface area contributed by atoms with E-state index in [2.05, 4.69) is 0 Å². The summed E-state index contributed by atoms with van der Waals surface area (Å²) in [5.41, 5.74) is -0.204. The molecule has 0 aliphatic carbocycles. The van der Waals surface area contributed by atoms with Crippen molar-refractivity contribution in [1.82, 2.24) is 0 Å². The topological polar surface area (TPSA) is 26.3 Å². The molecule has 0 amide bonds. The summed E-state index contributed by atoms with van der Waals surface area (Å²) in [5, 5.41) is 0. The first kappa shape index (κ1) is 10.6. The Bertz CT molecular complexity index is 128. The average molecular weight is 158 g/mol. The lowest BCUT2D eigenvalue weighted by atomic mass is 9.84. The number of rotatable bonds is 5. The molecule has 0 aromatic carbocycles. The van der Waals surface area contributed by atoms with Gasteiger partial charge in [-0.15, -0.1) is 0 Å². The third-order valence-electron chi connectivity index (χ3n) is 2.01. The minimum absolute atomic E-state index is 0.204. The van der Waals surface area contributed by atoms with E-state index in [1.54, 1.807) is 7.11 Å². The Hall–Kier alpha value is -0.370. The highest BCUT2D eigenvalue weighted by Gasteiger charge is 2.24. The van der Waals surface area contributed by atoms with Crippen LogP contribution in [0.5, 0.6) is 0 Å². The molecule has 0 aliphatic heterocycles. The molecule has 2 nitrogen and oxygen atoms in total. The number of Topliss-reactive ketones (excluding diaryl/α,β-unsaturated/α-hetero) is 1. The molecule has 66 valence electrons. The number of hydrogen-bond acceptors (Lipinski definition) is 2. The molecule has 0 rings (SSSR count). The van der Waals surface area contributed by atoms with E-state index in [0.717, 1.165) is 6.42 Å². The third-order valence-corrected chi connectivity index (χ3v) is 2.01. The zero-order valence-corrected chi connectivity index (χ0v) is 7.94. The standard InChI is InChI=1S/C9H18O2/c1-5-8(10)9(2,3)6-7-11-4/h5-7H2,1-4H3. The van der Waals surface area contributed by atoms with Crippen molar-refractivity contribution in [3.05, 3.63) is 0 Å². The molecule has 0 radical (unpaired) electrons. The Labute approximate surface area is 68.9 Å². The van der Waals surface area contributed by atoms with Crippen LogP contribution in [-0.2, 0) is 9.53 Å². The lowest BCUT2D eigenvalue weighted by Gasteiger charge is -2.21. The zero-order valence-electron chi connectivity index (χ0n) is 7.94. The lowest BCUT2D eigenvalue weighted by molar-refractivity contribution is -0.127. The first-order valence-electron chi connectivity index (χ1n) is 4.07. The zero-order chi connectivity index (χ0) is 8.91. The fraction of sp³-hybridized carbons (Fsp3) is 0.889. The van der Waals surface area contributed by atoms with Crippen LogP contribution in [0.4, 0.5) is 0 Å². The molecular weight excluding hydrogens is 140 g/mol. The number of carbonyl (C=O) groups is 1. The Morgan fingerprint density at radius 3 is 2.36 bits per heavy atom. The van der Waals surface area contributed by atoms with E-state index in [1.807, 2.05) is 20.8 Å². The largest absolute Gasteiger partial charge is 0.385 e. The molecule has 2 heteroatoms. The number of ether oxygens (including phenoxy) is 1. The summed E-state index contributed by atoms with van der Waals surface area (Å²) >= 11 is 0. The van der Waals surface area contributed by atoms with Gasteiger partial charge in [0, 0.05) is 25.6 Å². The molecule has 0 heterocycles. The second-order valence-electron chi connectivity index (χ2n) is 3.40. The monoisotopic (exact) mass is 158 g/mol. The van der Waals surface area contributed by atoms with Gasteiger partial charge >= 0.3 is 0 Å². The van der Waals surface area contributed by atoms with Crippen LogP contribution in [0.3, 0.4) is 0 Å². The van der Waals surface area contributed by atoms with Gasteiger partial charge in [-0.1, -0.05) is 20.8 Å². The molecule has 0 aromatic rings. The minimum atomic E-state index is -0.204. The normalized spacial score (nSPS) is 11.6. The molecule has 0 bridgehead atoms. The molecule has 11 heavy (non-hydrogen) atoms. The number of hydrogen-bond donors (Lipinski definition) is 0. The smallest absolute Gasteiger partial charge is 0.138 e. The van der Waals surface area contributed by atoms with Crippen molar-refractivity contribution < 1.29 is 9.53 Å². The number of methoxy groups -OCH3 is 1. The molecule has 0 saturated heterocycles. The second-order valence-corrected chi connectivity index (χ2v) is 3.40. The van der Waals surface area contributed by atoms with Crippen molar-refractivity contribution in [2.75, 3.05) is 13.7 Å². The van der Waals surface area contributed by atoms with Crippen LogP contribution in [0.1, 0.15) is 33.6 Å². The maximum atomic E-state index is 11.3. The van der Waals surface area contributed by atoms with E-state index in [1.165, 1.54) is 0 Å². The van der Waals surface area contributed by atoms with Gasteiger partial charge in [-0.3, -0.25) is 4.79 Å². The predicted molar refractivity (Wildman–Crippen MR) is 45.6 cm³/mol. The fourth-order valence-corrected chi connectivity index (χ4v) is 0.975. The van der Waals surface area contributed by atoms with Gasteiger partial charge in [0.15, 0.2) is 0 Å². The summed E-state index contributed by atoms with van der Waals surface area (Å²) in [4.78, 5) is 11.3. The average Bonchev–Trinajstić information content (AvgIpc) is 1.99. The summed E-state index contributed by atoms with van der Waals surface area (Å²) in [6.45, 7) is 6.51. The van der Waals surface area contributed by atoms with Gasteiger partial charge < -0.3 is 4.74 Å². The highest BCUT2D eigenvalue weighted by molar-refractivity contribution is 5.83. The van der Waals surface area contributed by atoms with E-state index >= 15 is 0 Å². The SMILES string of the molecule is CCC(=O)C(C)(C)CCOC. The highest BCUT2D eigenvalue weighted by atomic mass is 16.5. The van der Waals surface area contributed by atoms with Crippen molar-refractivity contribution in [3.8, 4) is 0 Å². The summed E-state index contributed by atoms with van der Waals surface area (Å²) in [6, 6.07) is 0. The number of carbonyl (C=O) groups excluding carboxylic acids is 1. The van der Waals surface area contributed by atoms with E-state index in [4.69, 9.17) is 4.74 Å². The molecule has 0 aliphatic rings. The van der Waals surface area contributed by atoms with Gasteiger partial charge in [0.05, 0.1) is 0 Å². The van der Waals surface area contributed by atoms with Gasteiger partial charge in [-0.2, -0.15) is 0 Å². The fourth-order valence-electron chi connectivity index (χ4n) is 0.975. The van der Waals surface area contributed by atoms with Crippen molar-refractivity contribution in [3.63, 3.8) is 0 Å². The van der Waals surface area contributed by atoms with Crippen LogP contribution in [-0.4, -0.2) is 19.5 Å². The van der Waals surface area contributed by atoms with Gasteiger partial charge in [0.2, 0.25) is 0 Å². The van der Waals surface area contributed by atoms with E-state index in [0.29, 0.717) is 18.8 Å². The van der Waals surface area contributed by atoms with Crippen LogP contribution < -0.4 is 0 Å². The van der Waals surface area contributed by atoms with Crippen LogP contribution >= 0.6 is 0 Å². The predicted octanol–water partition coefficient (Wildman–Crippen LogP) is 2.03.